The minimum atomic E-state index is -1.05. The monoisotopic (exact) mass is 298 g/mol. The molecule has 2 amide bonds. The van der Waals surface area contributed by atoms with Crippen LogP contribution in [0.4, 0.5) is 10.5 Å². The number of carbonyl (C=O) groups is 2. The first-order chi connectivity index (χ1) is 9.97. The summed E-state index contributed by atoms with van der Waals surface area (Å²) in [5.41, 5.74) is 0.497. The molecule has 118 valence electrons. The minimum absolute atomic E-state index is 0.155. The Hall–Kier alpha value is -2.09. The van der Waals surface area contributed by atoms with Crippen LogP contribution in [0.25, 0.3) is 0 Å². The van der Waals surface area contributed by atoms with Gasteiger partial charge in [-0.05, 0) is 5.92 Å². The number of amides is 2. The molecule has 1 rings (SSSR count). The van der Waals surface area contributed by atoms with Crippen molar-refractivity contribution >= 4 is 17.7 Å². The second-order valence-corrected chi connectivity index (χ2v) is 4.78. The molecule has 0 aliphatic heterocycles. The van der Waals surface area contributed by atoms with Gasteiger partial charge in [-0.25, -0.2) is 9.59 Å². The number of anilines is 1. The number of carboxylic acid groups (broad SMARTS) is 1. The van der Waals surface area contributed by atoms with Crippen molar-refractivity contribution in [3.05, 3.63) is 12.4 Å². The average molecular weight is 298 g/mol. The van der Waals surface area contributed by atoms with Gasteiger partial charge in [-0.15, -0.1) is 0 Å². The molecule has 0 spiro atoms. The zero-order chi connectivity index (χ0) is 15.8. The molecule has 1 aromatic rings. The van der Waals surface area contributed by atoms with Crippen LogP contribution in [0.2, 0.25) is 0 Å². The van der Waals surface area contributed by atoms with E-state index in [0.717, 1.165) is 0 Å². The van der Waals surface area contributed by atoms with E-state index in [1.54, 1.807) is 24.9 Å². The van der Waals surface area contributed by atoms with E-state index in [9.17, 15) is 9.59 Å². The van der Waals surface area contributed by atoms with Crippen LogP contribution in [0.5, 0.6) is 0 Å². The molecule has 0 radical (unpaired) electrons. The number of carboxylic acids is 1. The van der Waals surface area contributed by atoms with Crippen LogP contribution in [0, 0.1) is 5.92 Å². The third kappa shape index (κ3) is 5.42. The molecular weight excluding hydrogens is 276 g/mol. The van der Waals surface area contributed by atoms with E-state index < -0.39 is 18.0 Å². The van der Waals surface area contributed by atoms with E-state index in [4.69, 9.17) is 9.84 Å². The Labute approximate surface area is 123 Å². The summed E-state index contributed by atoms with van der Waals surface area (Å²) < 4.78 is 6.56. The fraction of sp³-hybridized carbons (Fsp3) is 0.615. The van der Waals surface area contributed by atoms with Gasteiger partial charge in [0, 0.05) is 13.3 Å². The number of nitrogens with zero attached hydrogens (tertiary/aromatic N) is 2. The Bertz CT molecular complexity index is 474. The van der Waals surface area contributed by atoms with Crippen LogP contribution in [0.3, 0.4) is 0 Å². The number of carbonyl (C=O) groups excluding carboxylic acids is 1. The van der Waals surface area contributed by atoms with E-state index in [1.807, 2.05) is 6.92 Å². The van der Waals surface area contributed by atoms with E-state index in [1.165, 1.54) is 6.20 Å². The lowest BCUT2D eigenvalue weighted by molar-refractivity contribution is -0.140. The van der Waals surface area contributed by atoms with Crippen molar-refractivity contribution in [3.63, 3.8) is 0 Å². The van der Waals surface area contributed by atoms with Crippen LogP contribution in [0.15, 0.2) is 12.4 Å². The van der Waals surface area contributed by atoms with Crippen molar-refractivity contribution in [3.8, 4) is 0 Å². The highest BCUT2D eigenvalue weighted by molar-refractivity contribution is 5.92. The minimum Gasteiger partial charge on any atom is -0.480 e. The first-order valence-electron chi connectivity index (χ1n) is 6.79. The Morgan fingerprint density at radius 3 is 2.81 bits per heavy atom. The van der Waals surface area contributed by atoms with Crippen molar-refractivity contribution in [1.82, 2.24) is 15.1 Å². The molecule has 0 aliphatic carbocycles. The molecule has 2 unspecified atom stereocenters. The zero-order valence-corrected chi connectivity index (χ0v) is 12.5. The molecule has 8 heteroatoms. The highest BCUT2D eigenvalue weighted by atomic mass is 16.5. The van der Waals surface area contributed by atoms with Gasteiger partial charge in [0.15, 0.2) is 0 Å². The summed E-state index contributed by atoms with van der Waals surface area (Å²) >= 11 is 0. The molecule has 0 saturated carbocycles. The van der Waals surface area contributed by atoms with Crippen LogP contribution >= 0.6 is 0 Å². The molecule has 2 atom stereocenters. The van der Waals surface area contributed by atoms with Crippen molar-refractivity contribution < 1.29 is 19.4 Å². The van der Waals surface area contributed by atoms with Gasteiger partial charge in [0.1, 0.15) is 6.04 Å². The van der Waals surface area contributed by atoms with Crippen LogP contribution in [0.1, 0.15) is 20.3 Å². The lowest BCUT2D eigenvalue weighted by Crippen LogP contribution is -2.46. The maximum Gasteiger partial charge on any atom is 0.326 e. The standard InChI is InChI=1S/C13H22N4O4/c1-4-9(2)11(12(18)19)16-13(20)15-10-7-14-17(8-10)5-6-21-3/h7-9,11H,4-6H2,1-3H3,(H,18,19)(H2,15,16,20). The molecule has 8 nitrogen and oxygen atoms in total. The lowest BCUT2D eigenvalue weighted by Gasteiger charge is -2.20. The number of ether oxygens (including phenoxy) is 1. The number of rotatable bonds is 8. The number of methoxy groups -OCH3 is 1. The van der Waals surface area contributed by atoms with Gasteiger partial charge in [0.25, 0.3) is 0 Å². The maximum absolute atomic E-state index is 11.8. The molecule has 3 N–H and O–H groups in total. The normalized spacial score (nSPS) is 13.5. The Morgan fingerprint density at radius 2 is 2.24 bits per heavy atom. The molecule has 0 fully saturated rings. The van der Waals surface area contributed by atoms with Gasteiger partial charge in [-0.3, -0.25) is 4.68 Å². The summed E-state index contributed by atoms with van der Waals surface area (Å²) in [6.45, 7) is 4.74. The van der Waals surface area contributed by atoms with Crippen molar-refractivity contribution in [2.75, 3.05) is 19.0 Å². The van der Waals surface area contributed by atoms with Crippen LogP contribution in [-0.4, -0.2) is 46.6 Å². The first-order valence-corrected chi connectivity index (χ1v) is 6.79. The van der Waals surface area contributed by atoms with Gasteiger partial charge in [-0.1, -0.05) is 20.3 Å². The molecular formula is C13H22N4O4. The predicted octanol–water partition coefficient (Wildman–Crippen LogP) is 1.15. The van der Waals surface area contributed by atoms with Crippen molar-refractivity contribution in [2.45, 2.75) is 32.9 Å². The Kier molecular flexibility index (Phi) is 6.67. The molecule has 0 aliphatic rings. The summed E-state index contributed by atoms with van der Waals surface area (Å²) in [6, 6.07) is -1.48. The van der Waals surface area contributed by atoms with Crippen LogP contribution in [-0.2, 0) is 16.1 Å². The quantitative estimate of drug-likeness (QED) is 0.667. The van der Waals surface area contributed by atoms with Gasteiger partial charge < -0.3 is 20.5 Å². The first kappa shape index (κ1) is 17.0. The number of aliphatic carboxylic acids is 1. The lowest BCUT2D eigenvalue weighted by atomic mass is 9.99. The van der Waals surface area contributed by atoms with Gasteiger partial charge in [-0.2, -0.15) is 5.10 Å². The van der Waals surface area contributed by atoms with Crippen LogP contribution < -0.4 is 10.6 Å². The smallest absolute Gasteiger partial charge is 0.326 e. The van der Waals surface area contributed by atoms with Gasteiger partial charge >= 0.3 is 12.0 Å². The zero-order valence-electron chi connectivity index (χ0n) is 12.5. The number of hydrogen-bond acceptors (Lipinski definition) is 4. The van der Waals surface area contributed by atoms with Gasteiger partial charge in [0.05, 0.1) is 25.0 Å². The Balaban J connectivity index is 2.55. The largest absolute Gasteiger partial charge is 0.480 e. The molecule has 1 aromatic heterocycles. The maximum atomic E-state index is 11.8. The van der Waals surface area contributed by atoms with E-state index in [2.05, 4.69) is 15.7 Å². The molecule has 0 aromatic carbocycles. The van der Waals surface area contributed by atoms with E-state index in [0.29, 0.717) is 25.3 Å². The van der Waals surface area contributed by atoms with E-state index >= 15 is 0 Å². The highest BCUT2D eigenvalue weighted by Crippen LogP contribution is 2.09. The summed E-state index contributed by atoms with van der Waals surface area (Å²) in [5, 5.41) is 18.2. The Morgan fingerprint density at radius 1 is 1.52 bits per heavy atom. The third-order valence-electron chi connectivity index (χ3n) is 3.18. The molecule has 0 saturated heterocycles. The second-order valence-electron chi connectivity index (χ2n) is 4.78. The summed E-state index contributed by atoms with van der Waals surface area (Å²) in [6.07, 6.45) is 3.80. The number of hydrogen-bond donors (Lipinski definition) is 3. The van der Waals surface area contributed by atoms with E-state index in [-0.39, 0.29) is 5.92 Å². The summed E-state index contributed by atoms with van der Waals surface area (Å²) in [5.74, 6) is -1.20. The molecule has 21 heavy (non-hydrogen) atoms. The molecule has 0 bridgehead atoms. The fourth-order valence-electron chi connectivity index (χ4n) is 1.73. The number of aromatic nitrogens is 2. The second kappa shape index (κ2) is 8.25. The predicted molar refractivity (Wildman–Crippen MR) is 77.1 cm³/mol. The van der Waals surface area contributed by atoms with Gasteiger partial charge in [0.2, 0.25) is 0 Å². The highest BCUT2D eigenvalue weighted by Gasteiger charge is 2.25. The van der Waals surface area contributed by atoms with Crippen molar-refractivity contribution in [2.24, 2.45) is 5.92 Å². The van der Waals surface area contributed by atoms with Crippen molar-refractivity contribution in [1.29, 1.82) is 0 Å². The average Bonchev–Trinajstić information content (AvgIpc) is 2.88. The summed E-state index contributed by atoms with van der Waals surface area (Å²) in [7, 11) is 1.59. The molecule has 1 heterocycles. The SMILES string of the molecule is CCC(C)C(NC(=O)Nc1cnn(CCOC)c1)C(=O)O. The topological polar surface area (TPSA) is 105 Å². The summed E-state index contributed by atoms with van der Waals surface area (Å²) in [4.78, 5) is 23.0. The number of urea groups is 1. The number of nitrogens with one attached hydrogen (secondary N) is 2. The third-order valence-corrected chi connectivity index (χ3v) is 3.18. The fourth-order valence-corrected chi connectivity index (χ4v) is 1.73.